The molecular formula is C21H20FN3O4S2. The zero-order valence-corrected chi connectivity index (χ0v) is 18.3. The first-order chi connectivity index (χ1) is 14.7. The van der Waals surface area contributed by atoms with Crippen LogP contribution in [0.2, 0.25) is 0 Å². The van der Waals surface area contributed by atoms with E-state index in [0.29, 0.717) is 28.2 Å². The van der Waals surface area contributed by atoms with Crippen LogP contribution in [0.5, 0.6) is 0 Å². The minimum atomic E-state index is -3.11. The number of halogens is 1. The van der Waals surface area contributed by atoms with Crippen LogP contribution in [0, 0.1) is 5.82 Å². The molecule has 10 heteroatoms. The highest BCUT2D eigenvalue weighted by molar-refractivity contribution is 7.99. The van der Waals surface area contributed by atoms with Crippen molar-refractivity contribution in [3.8, 4) is 5.69 Å². The smallest absolute Gasteiger partial charge is 0.266 e. The number of carbonyl (C=O) groups excluding carboxylic acids is 1. The largest absolute Gasteiger partial charge is 0.341 e. The summed E-state index contributed by atoms with van der Waals surface area (Å²) < 4.78 is 38.2. The van der Waals surface area contributed by atoms with Gasteiger partial charge in [0.25, 0.3) is 5.56 Å². The molecule has 0 spiro atoms. The second-order valence-electron chi connectivity index (χ2n) is 7.38. The van der Waals surface area contributed by atoms with Crippen molar-refractivity contribution < 1.29 is 17.6 Å². The zero-order chi connectivity index (χ0) is 22.2. The summed E-state index contributed by atoms with van der Waals surface area (Å²) in [5.41, 5.74) is 0.619. The number of thioether (sulfide) groups is 1. The molecule has 1 saturated heterocycles. The van der Waals surface area contributed by atoms with Crippen LogP contribution in [0.25, 0.3) is 16.6 Å². The Balaban J connectivity index is 1.65. The third-order valence-corrected chi connectivity index (χ3v) is 7.98. The van der Waals surface area contributed by atoms with Crippen molar-refractivity contribution in [2.45, 2.75) is 17.6 Å². The number of carbonyl (C=O) groups is 1. The molecule has 0 radical (unpaired) electrons. The maximum Gasteiger partial charge on any atom is 0.266 e. The van der Waals surface area contributed by atoms with Crippen LogP contribution < -0.4 is 5.56 Å². The highest BCUT2D eigenvalue weighted by Gasteiger charge is 2.32. The van der Waals surface area contributed by atoms with Gasteiger partial charge in [0.1, 0.15) is 5.82 Å². The second-order valence-corrected chi connectivity index (χ2v) is 10.5. The van der Waals surface area contributed by atoms with Crippen molar-refractivity contribution in [1.29, 1.82) is 0 Å². The van der Waals surface area contributed by atoms with Gasteiger partial charge in [0.05, 0.1) is 33.8 Å². The van der Waals surface area contributed by atoms with E-state index in [1.54, 1.807) is 31.3 Å². The molecule has 31 heavy (non-hydrogen) atoms. The Morgan fingerprint density at radius 2 is 1.94 bits per heavy atom. The lowest BCUT2D eigenvalue weighted by Gasteiger charge is -2.23. The number of rotatable bonds is 5. The average molecular weight is 462 g/mol. The quantitative estimate of drug-likeness (QED) is 0.428. The van der Waals surface area contributed by atoms with Gasteiger partial charge in [-0.05, 0) is 42.8 Å². The molecule has 0 bridgehead atoms. The summed E-state index contributed by atoms with van der Waals surface area (Å²) in [4.78, 5) is 31.9. The van der Waals surface area contributed by atoms with E-state index in [2.05, 4.69) is 4.98 Å². The molecule has 1 aliphatic rings. The standard InChI is InChI=1S/C21H20FN3O4S2/c1-24(16-10-11-31(28,29)13-16)19(26)12-30-21-23-18-5-3-2-4-17(18)20(27)25(21)15-8-6-14(22)7-9-15/h2-9,16H,10-13H2,1H3/t16-/m1/s1. The predicted octanol–water partition coefficient (Wildman–Crippen LogP) is 2.26. The minimum absolute atomic E-state index is 0.0149. The Bertz CT molecular complexity index is 1310. The fourth-order valence-corrected chi connectivity index (χ4v) is 6.25. The van der Waals surface area contributed by atoms with Gasteiger partial charge in [-0.2, -0.15) is 0 Å². The molecule has 0 N–H and O–H groups in total. The third kappa shape index (κ3) is 4.49. The Morgan fingerprint density at radius 3 is 2.61 bits per heavy atom. The second kappa shape index (κ2) is 8.43. The first-order valence-corrected chi connectivity index (χ1v) is 12.4. The normalized spacial score (nSPS) is 17.7. The van der Waals surface area contributed by atoms with E-state index in [1.165, 1.54) is 33.7 Å². The molecule has 1 aliphatic heterocycles. The Kier molecular flexibility index (Phi) is 5.85. The van der Waals surface area contributed by atoms with Gasteiger partial charge < -0.3 is 4.90 Å². The Morgan fingerprint density at radius 1 is 1.23 bits per heavy atom. The molecule has 0 saturated carbocycles. The van der Waals surface area contributed by atoms with E-state index in [0.717, 1.165) is 11.8 Å². The first-order valence-electron chi connectivity index (χ1n) is 9.62. The summed E-state index contributed by atoms with van der Waals surface area (Å²) in [6.07, 6.45) is 0.420. The summed E-state index contributed by atoms with van der Waals surface area (Å²) in [6, 6.07) is 12.0. The molecule has 2 aromatic carbocycles. The van der Waals surface area contributed by atoms with Gasteiger partial charge in [-0.1, -0.05) is 23.9 Å². The lowest BCUT2D eigenvalue weighted by atomic mass is 10.2. The third-order valence-electron chi connectivity index (χ3n) is 5.30. The monoisotopic (exact) mass is 461 g/mol. The van der Waals surface area contributed by atoms with Gasteiger partial charge in [0.15, 0.2) is 15.0 Å². The van der Waals surface area contributed by atoms with E-state index in [9.17, 15) is 22.4 Å². The summed E-state index contributed by atoms with van der Waals surface area (Å²) >= 11 is 1.09. The highest BCUT2D eigenvalue weighted by Crippen LogP contribution is 2.23. The van der Waals surface area contributed by atoms with E-state index in [-0.39, 0.29) is 34.8 Å². The molecule has 4 rings (SSSR count). The average Bonchev–Trinajstić information content (AvgIpc) is 3.12. The zero-order valence-electron chi connectivity index (χ0n) is 16.7. The van der Waals surface area contributed by atoms with E-state index in [4.69, 9.17) is 0 Å². The van der Waals surface area contributed by atoms with Gasteiger partial charge in [-0.3, -0.25) is 14.2 Å². The lowest BCUT2D eigenvalue weighted by Crippen LogP contribution is -2.39. The number of fused-ring (bicyclic) bond motifs is 1. The minimum Gasteiger partial charge on any atom is -0.341 e. The van der Waals surface area contributed by atoms with E-state index in [1.807, 2.05) is 0 Å². The molecule has 2 heterocycles. The topological polar surface area (TPSA) is 89.3 Å². The number of aromatic nitrogens is 2. The number of hydrogen-bond acceptors (Lipinski definition) is 6. The molecule has 1 fully saturated rings. The fourth-order valence-electron chi connectivity index (χ4n) is 3.54. The molecule has 0 aliphatic carbocycles. The van der Waals surface area contributed by atoms with Crippen LogP contribution in [0.4, 0.5) is 4.39 Å². The van der Waals surface area contributed by atoms with E-state index < -0.39 is 15.7 Å². The van der Waals surface area contributed by atoms with Gasteiger partial charge in [0, 0.05) is 13.1 Å². The number of sulfone groups is 1. The van der Waals surface area contributed by atoms with Crippen molar-refractivity contribution >= 4 is 38.4 Å². The lowest BCUT2D eigenvalue weighted by molar-refractivity contribution is -0.128. The van der Waals surface area contributed by atoms with Crippen LogP contribution in [-0.4, -0.2) is 59.1 Å². The highest BCUT2D eigenvalue weighted by atomic mass is 32.2. The van der Waals surface area contributed by atoms with Crippen molar-refractivity contribution in [3.63, 3.8) is 0 Å². The summed E-state index contributed by atoms with van der Waals surface area (Å²) in [5, 5.41) is 0.715. The SMILES string of the molecule is CN(C(=O)CSc1nc2ccccc2c(=O)n1-c1ccc(F)cc1)[C@@H]1CCS(=O)(=O)C1. The Hall–Kier alpha value is -2.72. The first kappa shape index (κ1) is 21.5. The van der Waals surface area contributed by atoms with Crippen LogP contribution in [0.15, 0.2) is 58.5 Å². The van der Waals surface area contributed by atoms with Crippen LogP contribution in [0.1, 0.15) is 6.42 Å². The molecular weight excluding hydrogens is 441 g/mol. The number of nitrogens with zero attached hydrogens (tertiary/aromatic N) is 3. The molecule has 1 aromatic heterocycles. The predicted molar refractivity (Wildman–Crippen MR) is 118 cm³/mol. The molecule has 1 amide bonds. The summed E-state index contributed by atoms with van der Waals surface area (Å²) in [7, 11) is -1.51. The van der Waals surface area contributed by atoms with Crippen molar-refractivity contribution in [2.24, 2.45) is 0 Å². The molecule has 0 unspecified atom stereocenters. The van der Waals surface area contributed by atoms with Crippen LogP contribution in [0.3, 0.4) is 0 Å². The molecule has 7 nitrogen and oxygen atoms in total. The molecule has 3 aromatic rings. The van der Waals surface area contributed by atoms with Gasteiger partial charge in [-0.25, -0.2) is 17.8 Å². The van der Waals surface area contributed by atoms with Gasteiger partial charge >= 0.3 is 0 Å². The van der Waals surface area contributed by atoms with Gasteiger partial charge in [0.2, 0.25) is 5.91 Å². The number of para-hydroxylation sites is 1. The fraction of sp³-hybridized carbons (Fsp3) is 0.286. The van der Waals surface area contributed by atoms with Crippen molar-refractivity contribution in [1.82, 2.24) is 14.5 Å². The maximum atomic E-state index is 13.4. The summed E-state index contributed by atoms with van der Waals surface area (Å²) in [5.74, 6) is -0.644. The van der Waals surface area contributed by atoms with Gasteiger partial charge in [-0.15, -0.1) is 0 Å². The number of benzene rings is 2. The number of amides is 1. The van der Waals surface area contributed by atoms with Crippen LogP contribution in [-0.2, 0) is 14.6 Å². The van der Waals surface area contributed by atoms with Crippen LogP contribution >= 0.6 is 11.8 Å². The Labute approximate surface area is 182 Å². The van der Waals surface area contributed by atoms with E-state index >= 15 is 0 Å². The van der Waals surface area contributed by atoms with Crippen molar-refractivity contribution in [2.75, 3.05) is 24.3 Å². The maximum absolute atomic E-state index is 13.4. The van der Waals surface area contributed by atoms with Crippen molar-refractivity contribution in [3.05, 3.63) is 64.7 Å². The number of hydrogen-bond donors (Lipinski definition) is 0. The summed E-state index contributed by atoms with van der Waals surface area (Å²) in [6.45, 7) is 0. The molecule has 1 atom stereocenters. The molecule has 162 valence electrons.